The van der Waals surface area contributed by atoms with E-state index in [1.807, 2.05) is 6.20 Å². The molecule has 0 bridgehead atoms. The average molecular weight is 151 g/mol. The molecule has 11 heavy (non-hydrogen) atoms. The predicted octanol–water partition coefficient (Wildman–Crippen LogP) is 3.03. The number of nitrogens with zero attached hydrogens (tertiary/aromatic N) is 1. The van der Waals surface area contributed by atoms with E-state index in [1.165, 1.54) is 17.7 Å². The predicted molar refractivity (Wildman–Crippen MR) is 49.8 cm³/mol. The van der Waals surface area contributed by atoms with Gasteiger partial charge in [0.1, 0.15) is 0 Å². The van der Waals surface area contributed by atoms with Gasteiger partial charge in [-0.25, -0.2) is 0 Å². The lowest BCUT2D eigenvalue weighted by atomic mass is 9.82. The van der Waals surface area contributed by atoms with Gasteiger partial charge in [0, 0.05) is 17.8 Å². The number of rotatable bonds is 1. The van der Waals surface area contributed by atoms with Crippen LogP contribution in [0.5, 0.6) is 0 Å². The van der Waals surface area contributed by atoms with E-state index in [0.717, 1.165) is 5.92 Å². The monoisotopic (exact) mass is 151 g/mol. The molecule has 2 unspecified atom stereocenters. The number of aliphatic imine (C=N–C) groups is 1. The SMILES string of the molecule is CCC1C(C)=CN=C(C)C1C. The fourth-order valence-corrected chi connectivity index (χ4v) is 1.78. The highest BCUT2D eigenvalue weighted by Gasteiger charge is 2.21. The molecule has 1 heteroatoms. The van der Waals surface area contributed by atoms with Crippen LogP contribution in [0, 0.1) is 11.8 Å². The molecule has 0 N–H and O–H groups in total. The van der Waals surface area contributed by atoms with E-state index in [4.69, 9.17) is 0 Å². The fraction of sp³-hybridized carbons (Fsp3) is 0.700. The Bertz CT molecular complexity index is 201. The summed E-state index contributed by atoms with van der Waals surface area (Å²) in [6.07, 6.45) is 3.25. The third-order valence-corrected chi connectivity index (χ3v) is 2.76. The summed E-state index contributed by atoms with van der Waals surface area (Å²) in [6, 6.07) is 0. The Morgan fingerprint density at radius 2 is 2.09 bits per heavy atom. The Hall–Kier alpha value is -0.590. The second kappa shape index (κ2) is 3.21. The molecule has 0 saturated heterocycles. The summed E-state index contributed by atoms with van der Waals surface area (Å²) in [6.45, 7) is 8.82. The number of allylic oxidation sites excluding steroid dienone is 1. The molecule has 62 valence electrons. The number of hydrogen-bond donors (Lipinski definition) is 0. The molecule has 1 heterocycles. The molecule has 1 rings (SSSR count). The van der Waals surface area contributed by atoms with Crippen molar-refractivity contribution in [2.45, 2.75) is 34.1 Å². The van der Waals surface area contributed by atoms with E-state index in [2.05, 4.69) is 32.7 Å². The lowest BCUT2D eigenvalue weighted by molar-refractivity contribution is 0.485. The van der Waals surface area contributed by atoms with Crippen LogP contribution in [0.3, 0.4) is 0 Å². The molecule has 0 aromatic rings. The normalized spacial score (nSPS) is 31.3. The highest BCUT2D eigenvalue weighted by atomic mass is 14.7. The first-order chi connectivity index (χ1) is 5.16. The van der Waals surface area contributed by atoms with Crippen LogP contribution in [-0.2, 0) is 0 Å². The summed E-state index contributed by atoms with van der Waals surface area (Å²) in [5.41, 5.74) is 2.72. The van der Waals surface area contributed by atoms with Crippen LogP contribution in [0.15, 0.2) is 16.8 Å². The van der Waals surface area contributed by atoms with Crippen LogP contribution in [0.2, 0.25) is 0 Å². The Morgan fingerprint density at radius 1 is 1.45 bits per heavy atom. The molecule has 0 amide bonds. The summed E-state index contributed by atoms with van der Waals surface area (Å²) in [7, 11) is 0. The average Bonchev–Trinajstić information content (AvgIpc) is 1.99. The van der Waals surface area contributed by atoms with E-state index in [1.54, 1.807) is 0 Å². The van der Waals surface area contributed by atoms with Crippen LogP contribution in [0.1, 0.15) is 34.1 Å². The van der Waals surface area contributed by atoms with E-state index in [9.17, 15) is 0 Å². The molecule has 0 radical (unpaired) electrons. The molecular weight excluding hydrogens is 134 g/mol. The molecule has 2 atom stereocenters. The quantitative estimate of drug-likeness (QED) is 0.546. The molecule has 0 saturated carbocycles. The zero-order valence-electron chi connectivity index (χ0n) is 7.89. The van der Waals surface area contributed by atoms with Crippen molar-refractivity contribution in [3.8, 4) is 0 Å². The van der Waals surface area contributed by atoms with Crippen LogP contribution < -0.4 is 0 Å². The zero-order valence-corrected chi connectivity index (χ0v) is 7.89. The summed E-state index contributed by atoms with van der Waals surface area (Å²) < 4.78 is 0. The molecule has 0 spiro atoms. The van der Waals surface area contributed by atoms with Crippen LogP contribution in [-0.4, -0.2) is 5.71 Å². The first-order valence-electron chi connectivity index (χ1n) is 4.37. The van der Waals surface area contributed by atoms with Gasteiger partial charge in [-0.05, 0) is 26.2 Å². The molecule has 1 nitrogen and oxygen atoms in total. The lowest BCUT2D eigenvalue weighted by Crippen LogP contribution is -2.22. The maximum absolute atomic E-state index is 4.34. The van der Waals surface area contributed by atoms with Gasteiger partial charge in [-0.1, -0.05) is 19.4 Å². The summed E-state index contributed by atoms with van der Waals surface area (Å²) in [5.74, 6) is 1.37. The van der Waals surface area contributed by atoms with Gasteiger partial charge in [0.25, 0.3) is 0 Å². The third kappa shape index (κ3) is 1.52. The molecule has 1 aliphatic heterocycles. The maximum Gasteiger partial charge on any atom is 0.0259 e. The molecule has 0 aromatic carbocycles. The van der Waals surface area contributed by atoms with Gasteiger partial charge in [-0.3, -0.25) is 4.99 Å². The van der Waals surface area contributed by atoms with Crippen molar-refractivity contribution in [1.29, 1.82) is 0 Å². The summed E-state index contributed by atoms with van der Waals surface area (Å²) in [4.78, 5) is 4.34. The van der Waals surface area contributed by atoms with E-state index >= 15 is 0 Å². The molecular formula is C10H17N. The second-order valence-corrected chi connectivity index (χ2v) is 3.45. The fourth-order valence-electron chi connectivity index (χ4n) is 1.78. The van der Waals surface area contributed by atoms with Crippen molar-refractivity contribution in [2.75, 3.05) is 0 Å². The number of hydrogen-bond acceptors (Lipinski definition) is 1. The van der Waals surface area contributed by atoms with Crippen molar-refractivity contribution in [1.82, 2.24) is 0 Å². The van der Waals surface area contributed by atoms with E-state index < -0.39 is 0 Å². The Morgan fingerprint density at radius 3 is 2.55 bits per heavy atom. The minimum absolute atomic E-state index is 0.644. The van der Waals surface area contributed by atoms with E-state index in [0.29, 0.717) is 5.92 Å². The molecule has 1 aliphatic rings. The highest BCUT2D eigenvalue weighted by Crippen LogP contribution is 2.28. The zero-order chi connectivity index (χ0) is 8.43. The van der Waals surface area contributed by atoms with Crippen molar-refractivity contribution in [2.24, 2.45) is 16.8 Å². The summed E-state index contributed by atoms with van der Waals surface area (Å²) >= 11 is 0. The van der Waals surface area contributed by atoms with Gasteiger partial charge in [0.05, 0.1) is 0 Å². The Labute approximate surface area is 69.2 Å². The van der Waals surface area contributed by atoms with Gasteiger partial charge < -0.3 is 0 Å². The Balaban J connectivity index is 2.84. The maximum atomic E-state index is 4.34. The van der Waals surface area contributed by atoms with Crippen LogP contribution in [0.4, 0.5) is 0 Å². The van der Waals surface area contributed by atoms with E-state index in [-0.39, 0.29) is 0 Å². The molecule has 0 aromatic heterocycles. The molecule has 0 aliphatic carbocycles. The van der Waals surface area contributed by atoms with Crippen molar-refractivity contribution in [3.05, 3.63) is 11.8 Å². The van der Waals surface area contributed by atoms with Crippen molar-refractivity contribution >= 4 is 5.71 Å². The minimum Gasteiger partial charge on any atom is -0.266 e. The first kappa shape index (κ1) is 8.51. The van der Waals surface area contributed by atoms with Gasteiger partial charge in [0.2, 0.25) is 0 Å². The topological polar surface area (TPSA) is 12.4 Å². The first-order valence-corrected chi connectivity index (χ1v) is 4.37. The highest BCUT2D eigenvalue weighted by molar-refractivity contribution is 5.86. The smallest absolute Gasteiger partial charge is 0.0259 e. The lowest BCUT2D eigenvalue weighted by Gasteiger charge is -2.26. The van der Waals surface area contributed by atoms with Gasteiger partial charge in [0.15, 0.2) is 0 Å². The third-order valence-electron chi connectivity index (χ3n) is 2.76. The van der Waals surface area contributed by atoms with Crippen LogP contribution >= 0.6 is 0 Å². The largest absolute Gasteiger partial charge is 0.266 e. The van der Waals surface area contributed by atoms with Gasteiger partial charge >= 0.3 is 0 Å². The standard InChI is InChI=1S/C10H17N/c1-5-10-7(2)6-11-9(4)8(10)3/h6,8,10H,5H2,1-4H3. The molecule has 0 fully saturated rings. The summed E-state index contributed by atoms with van der Waals surface area (Å²) in [5, 5.41) is 0. The van der Waals surface area contributed by atoms with Crippen molar-refractivity contribution in [3.63, 3.8) is 0 Å². The Kier molecular flexibility index (Phi) is 2.48. The minimum atomic E-state index is 0.644. The second-order valence-electron chi connectivity index (χ2n) is 3.45. The van der Waals surface area contributed by atoms with Gasteiger partial charge in [-0.2, -0.15) is 0 Å². The van der Waals surface area contributed by atoms with Gasteiger partial charge in [-0.15, -0.1) is 0 Å². The van der Waals surface area contributed by atoms with Crippen molar-refractivity contribution < 1.29 is 0 Å². The van der Waals surface area contributed by atoms with Crippen LogP contribution in [0.25, 0.3) is 0 Å².